The first-order valence-electron chi connectivity index (χ1n) is 6.84. The minimum Gasteiger partial charge on any atom is -0.492 e. The Balaban J connectivity index is 1.90. The van der Waals surface area contributed by atoms with Crippen molar-refractivity contribution in [1.29, 1.82) is 0 Å². The Morgan fingerprint density at radius 2 is 1.91 bits per heavy atom. The quantitative estimate of drug-likeness (QED) is 0.821. The van der Waals surface area contributed by atoms with Crippen LogP contribution in [0.25, 0.3) is 0 Å². The summed E-state index contributed by atoms with van der Waals surface area (Å²) in [5, 5.41) is 0.644. The summed E-state index contributed by atoms with van der Waals surface area (Å²) in [5.41, 5.74) is 1.81. The van der Waals surface area contributed by atoms with E-state index >= 15 is 0 Å². The third kappa shape index (κ3) is 4.47. The second kappa shape index (κ2) is 7.13. The number of aryl methyl sites for hydroxylation is 2. The zero-order chi connectivity index (χ0) is 16.2. The first kappa shape index (κ1) is 16.8. The molecule has 0 heterocycles. The highest BCUT2D eigenvalue weighted by atomic mass is 35.5. The lowest BCUT2D eigenvalue weighted by atomic mass is 10.2. The van der Waals surface area contributed by atoms with Crippen LogP contribution in [0.1, 0.15) is 11.1 Å². The second-order valence-electron chi connectivity index (χ2n) is 4.97. The third-order valence-electron chi connectivity index (χ3n) is 3.09. The Labute approximate surface area is 136 Å². The molecule has 0 bridgehead atoms. The van der Waals surface area contributed by atoms with Crippen molar-refractivity contribution in [1.82, 2.24) is 4.72 Å². The van der Waals surface area contributed by atoms with E-state index in [1.807, 2.05) is 19.9 Å². The van der Waals surface area contributed by atoms with Gasteiger partial charge in [0.25, 0.3) is 0 Å². The van der Waals surface area contributed by atoms with Gasteiger partial charge in [-0.2, -0.15) is 0 Å². The van der Waals surface area contributed by atoms with E-state index in [4.69, 9.17) is 16.3 Å². The van der Waals surface area contributed by atoms with Crippen molar-refractivity contribution >= 4 is 21.6 Å². The fraction of sp³-hybridized carbons (Fsp3) is 0.250. The molecule has 2 aromatic rings. The third-order valence-corrected chi connectivity index (χ3v) is 4.78. The summed E-state index contributed by atoms with van der Waals surface area (Å²) < 4.78 is 32.3. The summed E-state index contributed by atoms with van der Waals surface area (Å²) in [6.07, 6.45) is 0. The number of hydrogen-bond acceptors (Lipinski definition) is 3. The molecule has 0 saturated heterocycles. The first-order chi connectivity index (χ1) is 10.4. The smallest absolute Gasteiger partial charge is 0.240 e. The number of sulfonamides is 1. The predicted octanol–water partition coefficient (Wildman–Crippen LogP) is 3.31. The van der Waals surface area contributed by atoms with Gasteiger partial charge in [0.05, 0.1) is 4.90 Å². The Morgan fingerprint density at radius 3 is 2.59 bits per heavy atom. The molecule has 2 aromatic carbocycles. The zero-order valence-electron chi connectivity index (χ0n) is 12.5. The number of nitrogens with one attached hydrogen (secondary N) is 1. The molecule has 4 nitrogen and oxygen atoms in total. The lowest BCUT2D eigenvalue weighted by Gasteiger charge is -2.11. The van der Waals surface area contributed by atoms with Crippen LogP contribution in [0.4, 0.5) is 0 Å². The molecule has 0 aliphatic rings. The average Bonchev–Trinajstić information content (AvgIpc) is 2.45. The van der Waals surface area contributed by atoms with E-state index in [-0.39, 0.29) is 18.0 Å². The van der Waals surface area contributed by atoms with Crippen LogP contribution in [-0.2, 0) is 10.0 Å². The lowest BCUT2D eigenvalue weighted by Crippen LogP contribution is -2.28. The molecule has 6 heteroatoms. The summed E-state index contributed by atoms with van der Waals surface area (Å²) in [6, 6.07) is 12.1. The molecule has 0 spiro atoms. The number of hydrogen-bond donors (Lipinski definition) is 1. The van der Waals surface area contributed by atoms with Gasteiger partial charge in [0.15, 0.2) is 0 Å². The highest BCUT2D eigenvalue weighted by Crippen LogP contribution is 2.21. The van der Waals surface area contributed by atoms with E-state index in [0.717, 1.165) is 11.1 Å². The van der Waals surface area contributed by atoms with E-state index in [9.17, 15) is 8.42 Å². The van der Waals surface area contributed by atoms with Crippen molar-refractivity contribution in [2.24, 2.45) is 0 Å². The van der Waals surface area contributed by atoms with E-state index in [1.54, 1.807) is 36.4 Å². The molecule has 0 amide bonds. The standard InChI is InChI=1S/C16H18ClNO3S/c1-12-4-3-5-15(10-12)22(19,20)18-8-9-21-16-7-6-14(17)11-13(16)2/h3-7,10-11,18H,8-9H2,1-2H3. The van der Waals surface area contributed by atoms with Crippen LogP contribution in [0.5, 0.6) is 5.75 Å². The van der Waals surface area contributed by atoms with Crippen molar-refractivity contribution in [2.75, 3.05) is 13.2 Å². The van der Waals surface area contributed by atoms with Crippen molar-refractivity contribution in [3.63, 3.8) is 0 Å². The van der Waals surface area contributed by atoms with Crippen molar-refractivity contribution < 1.29 is 13.2 Å². The van der Waals surface area contributed by atoms with Crippen molar-refractivity contribution in [2.45, 2.75) is 18.7 Å². The normalized spacial score (nSPS) is 11.4. The maximum Gasteiger partial charge on any atom is 0.240 e. The molecule has 0 aliphatic heterocycles. The van der Waals surface area contributed by atoms with E-state index in [2.05, 4.69) is 4.72 Å². The molecular weight excluding hydrogens is 322 g/mol. The molecular formula is C16H18ClNO3S. The molecule has 2 rings (SSSR count). The van der Waals surface area contributed by atoms with Crippen LogP contribution in [0.3, 0.4) is 0 Å². The molecule has 0 aliphatic carbocycles. The minimum atomic E-state index is -3.51. The fourth-order valence-corrected chi connectivity index (χ4v) is 3.32. The van der Waals surface area contributed by atoms with Gasteiger partial charge in [-0.1, -0.05) is 23.7 Å². The number of rotatable bonds is 6. The second-order valence-corrected chi connectivity index (χ2v) is 7.18. The van der Waals surface area contributed by atoms with Gasteiger partial charge >= 0.3 is 0 Å². The Hall–Kier alpha value is -1.56. The Morgan fingerprint density at radius 1 is 1.14 bits per heavy atom. The zero-order valence-corrected chi connectivity index (χ0v) is 14.0. The van der Waals surface area contributed by atoms with Gasteiger partial charge in [0, 0.05) is 11.6 Å². The van der Waals surface area contributed by atoms with Crippen LogP contribution in [-0.4, -0.2) is 21.6 Å². The van der Waals surface area contributed by atoms with Crippen LogP contribution >= 0.6 is 11.6 Å². The van der Waals surface area contributed by atoms with Gasteiger partial charge in [0.1, 0.15) is 12.4 Å². The lowest BCUT2D eigenvalue weighted by molar-refractivity contribution is 0.320. The van der Waals surface area contributed by atoms with E-state index < -0.39 is 10.0 Å². The van der Waals surface area contributed by atoms with Crippen molar-refractivity contribution in [3.05, 3.63) is 58.6 Å². The highest BCUT2D eigenvalue weighted by Gasteiger charge is 2.13. The maximum atomic E-state index is 12.1. The number of halogens is 1. The first-order valence-corrected chi connectivity index (χ1v) is 8.70. The summed E-state index contributed by atoms with van der Waals surface area (Å²) in [5.74, 6) is 0.694. The van der Waals surface area contributed by atoms with Gasteiger partial charge in [-0.05, 0) is 55.3 Å². The molecule has 0 fully saturated rings. The van der Waals surface area contributed by atoms with Gasteiger partial charge < -0.3 is 4.74 Å². The molecule has 1 N–H and O–H groups in total. The van der Waals surface area contributed by atoms with Gasteiger partial charge in [-0.25, -0.2) is 13.1 Å². The van der Waals surface area contributed by atoms with Gasteiger partial charge in [0.2, 0.25) is 10.0 Å². The highest BCUT2D eigenvalue weighted by molar-refractivity contribution is 7.89. The Bertz CT molecular complexity index is 760. The minimum absolute atomic E-state index is 0.193. The van der Waals surface area contributed by atoms with Crippen LogP contribution in [0, 0.1) is 13.8 Å². The fourth-order valence-electron chi connectivity index (χ4n) is 1.98. The molecule has 0 saturated carbocycles. The average molecular weight is 340 g/mol. The van der Waals surface area contributed by atoms with E-state index in [1.165, 1.54) is 0 Å². The molecule has 0 aromatic heterocycles. The monoisotopic (exact) mass is 339 g/mol. The maximum absolute atomic E-state index is 12.1. The SMILES string of the molecule is Cc1cccc(S(=O)(=O)NCCOc2ccc(Cl)cc2C)c1. The van der Waals surface area contributed by atoms with Gasteiger partial charge in [-0.15, -0.1) is 0 Å². The van der Waals surface area contributed by atoms with Crippen LogP contribution in [0.2, 0.25) is 5.02 Å². The molecule has 0 radical (unpaired) electrons. The summed E-state index contributed by atoms with van der Waals surface area (Å²) in [7, 11) is -3.51. The summed E-state index contributed by atoms with van der Waals surface area (Å²) >= 11 is 5.87. The van der Waals surface area contributed by atoms with E-state index in [0.29, 0.717) is 10.8 Å². The van der Waals surface area contributed by atoms with Crippen LogP contribution in [0.15, 0.2) is 47.4 Å². The molecule has 118 valence electrons. The number of ether oxygens (including phenoxy) is 1. The summed E-state index contributed by atoms with van der Waals surface area (Å²) in [6.45, 7) is 4.18. The molecule has 0 unspecified atom stereocenters. The molecule has 0 atom stereocenters. The Kier molecular flexibility index (Phi) is 5.45. The van der Waals surface area contributed by atoms with Gasteiger partial charge in [-0.3, -0.25) is 0 Å². The van der Waals surface area contributed by atoms with Crippen molar-refractivity contribution in [3.8, 4) is 5.75 Å². The topological polar surface area (TPSA) is 55.4 Å². The molecule has 22 heavy (non-hydrogen) atoms. The van der Waals surface area contributed by atoms with Crippen LogP contribution < -0.4 is 9.46 Å². The number of benzene rings is 2. The summed E-state index contributed by atoms with van der Waals surface area (Å²) in [4.78, 5) is 0.259. The predicted molar refractivity (Wildman–Crippen MR) is 88.1 cm³/mol. The largest absolute Gasteiger partial charge is 0.492 e.